The van der Waals surface area contributed by atoms with E-state index in [1.54, 1.807) is 9.58 Å². The molecule has 3 rings (SSSR count). The zero-order valence-electron chi connectivity index (χ0n) is 16.6. The van der Waals surface area contributed by atoms with Gasteiger partial charge in [-0.2, -0.15) is 5.10 Å². The van der Waals surface area contributed by atoms with Crippen molar-refractivity contribution in [2.24, 2.45) is 0 Å². The van der Waals surface area contributed by atoms with Crippen molar-refractivity contribution in [3.05, 3.63) is 41.6 Å². The van der Waals surface area contributed by atoms with Crippen molar-refractivity contribution >= 4 is 17.6 Å². The number of aryl methyl sites for hydroxylation is 1. The molecule has 0 aliphatic carbocycles. The van der Waals surface area contributed by atoms with Crippen molar-refractivity contribution in [2.75, 3.05) is 18.4 Å². The first-order valence-corrected chi connectivity index (χ1v) is 9.49. The zero-order valence-corrected chi connectivity index (χ0v) is 16.6. The van der Waals surface area contributed by atoms with Gasteiger partial charge < -0.3 is 10.2 Å². The highest BCUT2D eigenvalue weighted by Crippen LogP contribution is 2.26. The summed E-state index contributed by atoms with van der Waals surface area (Å²) in [5, 5.41) is 7.69. The highest BCUT2D eigenvalue weighted by molar-refractivity contribution is 5.94. The number of rotatable bonds is 4. The Kier molecular flexibility index (Phi) is 5.35. The Morgan fingerprint density at radius 3 is 2.67 bits per heavy atom. The minimum Gasteiger partial charge on any atom is -0.333 e. The molecule has 1 aromatic heterocycles. The molecule has 0 saturated carbocycles. The average molecular weight is 368 g/mol. The van der Waals surface area contributed by atoms with Crippen LogP contribution < -0.4 is 5.32 Å². The monoisotopic (exact) mass is 368 g/mol. The molecule has 0 unspecified atom stereocenters. The Hall–Kier alpha value is -2.63. The van der Waals surface area contributed by atoms with Crippen LogP contribution in [0.1, 0.15) is 51.3 Å². The number of piperidine rings is 1. The van der Waals surface area contributed by atoms with Crippen LogP contribution in [-0.2, 0) is 15.0 Å². The van der Waals surface area contributed by atoms with Gasteiger partial charge in [0.05, 0.1) is 17.9 Å². The third kappa shape index (κ3) is 4.56. The summed E-state index contributed by atoms with van der Waals surface area (Å²) in [6.07, 6.45) is 2.39. The molecule has 27 heavy (non-hydrogen) atoms. The van der Waals surface area contributed by atoms with Crippen LogP contribution in [0.4, 0.5) is 5.82 Å². The summed E-state index contributed by atoms with van der Waals surface area (Å²) < 4.78 is 1.77. The van der Waals surface area contributed by atoms with Gasteiger partial charge in [-0.25, -0.2) is 4.68 Å². The molecule has 1 saturated heterocycles. The van der Waals surface area contributed by atoms with Crippen LogP contribution in [-0.4, -0.2) is 39.6 Å². The van der Waals surface area contributed by atoms with E-state index in [4.69, 9.17) is 5.10 Å². The lowest BCUT2D eigenvalue weighted by Crippen LogP contribution is -2.41. The van der Waals surface area contributed by atoms with Crippen LogP contribution in [0.3, 0.4) is 0 Å². The van der Waals surface area contributed by atoms with Crippen LogP contribution in [0.15, 0.2) is 30.3 Å². The number of benzene rings is 1. The number of nitrogens with zero attached hydrogens (tertiary/aromatic N) is 3. The molecule has 2 amide bonds. The minimum absolute atomic E-state index is 0.0546. The number of carbonyl (C=O) groups is 2. The molecule has 1 N–H and O–H groups in total. The van der Waals surface area contributed by atoms with Gasteiger partial charge in [0.1, 0.15) is 5.82 Å². The fourth-order valence-electron chi connectivity index (χ4n) is 3.18. The SMILES string of the molecule is Cc1cccc(-n2nc(C(C)(C)C)cc2NC(=O)CN2CCCCC2=O)c1. The van der Waals surface area contributed by atoms with Gasteiger partial charge in [0.15, 0.2) is 0 Å². The number of anilines is 1. The van der Waals surface area contributed by atoms with E-state index < -0.39 is 0 Å². The molecule has 6 nitrogen and oxygen atoms in total. The molecule has 6 heteroatoms. The summed E-state index contributed by atoms with van der Waals surface area (Å²) in [6.45, 7) is 9.03. The second-order valence-electron chi connectivity index (χ2n) is 8.24. The van der Waals surface area contributed by atoms with Gasteiger partial charge in [-0.3, -0.25) is 9.59 Å². The first-order chi connectivity index (χ1) is 12.7. The molecule has 1 fully saturated rings. The second kappa shape index (κ2) is 7.55. The van der Waals surface area contributed by atoms with Crippen LogP contribution in [0.5, 0.6) is 0 Å². The first-order valence-electron chi connectivity index (χ1n) is 9.49. The number of hydrogen-bond acceptors (Lipinski definition) is 3. The van der Waals surface area contributed by atoms with E-state index in [9.17, 15) is 9.59 Å². The van der Waals surface area contributed by atoms with E-state index in [1.807, 2.05) is 37.3 Å². The van der Waals surface area contributed by atoms with E-state index >= 15 is 0 Å². The molecular formula is C21H28N4O2. The van der Waals surface area contributed by atoms with Crippen molar-refractivity contribution in [2.45, 2.75) is 52.4 Å². The molecule has 1 aliphatic heterocycles. The number of amides is 2. The first kappa shape index (κ1) is 19.1. The predicted molar refractivity (Wildman–Crippen MR) is 106 cm³/mol. The Morgan fingerprint density at radius 1 is 1.22 bits per heavy atom. The molecule has 2 heterocycles. The lowest BCUT2D eigenvalue weighted by atomic mass is 9.92. The maximum atomic E-state index is 12.6. The summed E-state index contributed by atoms with van der Waals surface area (Å²) in [7, 11) is 0. The highest BCUT2D eigenvalue weighted by atomic mass is 16.2. The third-order valence-electron chi connectivity index (χ3n) is 4.75. The Bertz CT molecular complexity index is 848. The van der Waals surface area contributed by atoms with E-state index in [-0.39, 0.29) is 23.8 Å². The topological polar surface area (TPSA) is 67.2 Å². The van der Waals surface area contributed by atoms with Crippen molar-refractivity contribution < 1.29 is 9.59 Å². The molecule has 0 radical (unpaired) electrons. The normalized spacial score (nSPS) is 15.1. The van der Waals surface area contributed by atoms with Crippen molar-refractivity contribution in [1.29, 1.82) is 0 Å². The van der Waals surface area contributed by atoms with Gasteiger partial charge in [-0.05, 0) is 37.5 Å². The summed E-state index contributed by atoms with van der Waals surface area (Å²) in [4.78, 5) is 26.2. The molecule has 0 spiro atoms. The van der Waals surface area contributed by atoms with Crippen molar-refractivity contribution in [3.8, 4) is 5.69 Å². The van der Waals surface area contributed by atoms with Crippen LogP contribution in [0, 0.1) is 6.92 Å². The molecule has 2 aromatic rings. The lowest BCUT2D eigenvalue weighted by molar-refractivity contribution is -0.136. The zero-order chi connectivity index (χ0) is 19.6. The average Bonchev–Trinajstić information content (AvgIpc) is 3.01. The molecular weight excluding hydrogens is 340 g/mol. The van der Waals surface area contributed by atoms with Gasteiger partial charge in [0.2, 0.25) is 11.8 Å². The summed E-state index contributed by atoms with van der Waals surface area (Å²) >= 11 is 0. The number of hydrogen-bond donors (Lipinski definition) is 1. The number of nitrogens with one attached hydrogen (secondary N) is 1. The van der Waals surface area contributed by atoms with Gasteiger partial charge in [0, 0.05) is 24.4 Å². The molecule has 1 aromatic carbocycles. The molecule has 0 bridgehead atoms. The molecule has 1 aliphatic rings. The molecule has 0 atom stereocenters. The Labute approximate surface area is 160 Å². The maximum absolute atomic E-state index is 12.6. The maximum Gasteiger partial charge on any atom is 0.245 e. The van der Waals surface area contributed by atoms with Crippen LogP contribution >= 0.6 is 0 Å². The fraction of sp³-hybridized carbons (Fsp3) is 0.476. The summed E-state index contributed by atoms with van der Waals surface area (Å²) in [5.41, 5.74) is 2.77. The van der Waals surface area contributed by atoms with Gasteiger partial charge in [-0.15, -0.1) is 0 Å². The van der Waals surface area contributed by atoms with Crippen molar-refractivity contribution in [1.82, 2.24) is 14.7 Å². The summed E-state index contributed by atoms with van der Waals surface area (Å²) in [5.74, 6) is 0.485. The minimum atomic E-state index is -0.195. The van der Waals surface area contributed by atoms with E-state index in [1.165, 1.54) is 0 Å². The van der Waals surface area contributed by atoms with Gasteiger partial charge in [-0.1, -0.05) is 32.9 Å². The van der Waals surface area contributed by atoms with Crippen molar-refractivity contribution in [3.63, 3.8) is 0 Å². The van der Waals surface area contributed by atoms with Crippen LogP contribution in [0.25, 0.3) is 5.69 Å². The summed E-state index contributed by atoms with van der Waals surface area (Å²) in [6, 6.07) is 9.91. The Balaban J connectivity index is 1.86. The number of carbonyl (C=O) groups excluding carboxylic acids is 2. The quantitative estimate of drug-likeness (QED) is 0.899. The van der Waals surface area contributed by atoms with E-state index in [0.717, 1.165) is 29.8 Å². The van der Waals surface area contributed by atoms with Crippen LogP contribution in [0.2, 0.25) is 0 Å². The Morgan fingerprint density at radius 2 is 2.00 bits per heavy atom. The lowest BCUT2D eigenvalue weighted by Gasteiger charge is -2.26. The molecule has 144 valence electrons. The van der Waals surface area contributed by atoms with Gasteiger partial charge >= 0.3 is 0 Å². The largest absolute Gasteiger partial charge is 0.333 e. The van der Waals surface area contributed by atoms with Gasteiger partial charge in [0.25, 0.3) is 0 Å². The fourth-order valence-corrected chi connectivity index (χ4v) is 3.18. The smallest absolute Gasteiger partial charge is 0.245 e. The third-order valence-corrected chi connectivity index (χ3v) is 4.75. The number of aromatic nitrogens is 2. The highest BCUT2D eigenvalue weighted by Gasteiger charge is 2.24. The number of likely N-dealkylation sites (tertiary alicyclic amines) is 1. The van der Waals surface area contributed by atoms with E-state index in [0.29, 0.717) is 18.8 Å². The van der Waals surface area contributed by atoms with E-state index in [2.05, 4.69) is 26.1 Å². The standard InChI is InChI=1S/C21H28N4O2/c1-15-8-7-9-16(12-15)25-18(13-17(23-25)21(2,3)4)22-19(26)14-24-11-6-5-10-20(24)27/h7-9,12-13H,5-6,10-11,14H2,1-4H3,(H,22,26). The predicted octanol–water partition coefficient (Wildman–Crippen LogP) is 3.43. The second-order valence-corrected chi connectivity index (χ2v) is 8.24.